The Balaban J connectivity index is 1.54. The van der Waals surface area contributed by atoms with Gasteiger partial charge < -0.3 is 9.88 Å². The van der Waals surface area contributed by atoms with Crippen LogP contribution in [0.3, 0.4) is 0 Å². The average molecular weight is 271 g/mol. The molecule has 4 heteroatoms. The molecular formula is C16H21N3O. The molecule has 0 aliphatic heterocycles. The second-order valence-electron chi connectivity index (χ2n) is 5.58. The number of nitrogens with one attached hydrogen (secondary N) is 1. The summed E-state index contributed by atoms with van der Waals surface area (Å²) in [7, 11) is 0. The SMILES string of the molecule is O=C(CCn1cnc2ccccc21)NC1CCCCC1. The number of aryl methyl sites for hydroxylation is 1. The van der Waals surface area contributed by atoms with E-state index < -0.39 is 0 Å². The quantitative estimate of drug-likeness (QED) is 0.929. The highest BCUT2D eigenvalue weighted by atomic mass is 16.1. The molecular weight excluding hydrogens is 250 g/mol. The number of carbonyl (C=O) groups excluding carboxylic acids is 1. The van der Waals surface area contributed by atoms with Crippen LogP contribution in [-0.2, 0) is 11.3 Å². The molecule has 0 saturated heterocycles. The molecule has 2 aromatic rings. The van der Waals surface area contributed by atoms with E-state index in [2.05, 4.69) is 14.9 Å². The average Bonchev–Trinajstić information content (AvgIpc) is 2.89. The van der Waals surface area contributed by atoms with Crippen molar-refractivity contribution in [1.29, 1.82) is 0 Å². The van der Waals surface area contributed by atoms with Gasteiger partial charge in [-0.15, -0.1) is 0 Å². The third-order valence-corrected chi connectivity index (χ3v) is 4.08. The van der Waals surface area contributed by atoms with Crippen molar-refractivity contribution in [3.8, 4) is 0 Å². The number of rotatable bonds is 4. The first kappa shape index (κ1) is 13.2. The summed E-state index contributed by atoms with van der Waals surface area (Å²) in [6.45, 7) is 0.694. The van der Waals surface area contributed by atoms with Crippen LogP contribution in [0.4, 0.5) is 0 Å². The molecule has 0 atom stereocenters. The second-order valence-corrected chi connectivity index (χ2v) is 5.58. The number of para-hydroxylation sites is 2. The number of hydrogen-bond acceptors (Lipinski definition) is 2. The van der Waals surface area contributed by atoms with E-state index in [4.69, 9.17) is 0 Å². The van der Waals surface area contributed by atoms with Crippen LogP contribution in [-0.4, -0.2) is 21.5 Å². The van der Waals surface area contributed by atoms with E-state index in [0.717, 1.165) is 23.9 Å². The van der Waals surface area contributed by atoms with Gasteiger partial charge in [0.25, 0.3) is 0 Å². The zero-order valence-corrected chi connectivity index (χ0v) is 11.7. The lowest BCUT2D eigenvalue weighted by Gasteiger charge is -2.22. The molecule has 20 heavy (non-hydrogen) atoms. The van der Waals surface area contributed by atoms with Gasteiger partial charge in [-0.3, -0.25) is 4.79 Å². The summed E-state index contributed by atoms with van der Waals surface area (Å²) < 4.78 is 2.05. The normalized spacial score (nSPS) is 16.4. The van der Waals surface area contributed by atoms with E-state index in [9.17, 15) is 4.79 Å². The van der Waals surface area contributed by atoms with Crippen LogP contribution in [0.15, 0.2) is 30.6 Å². The molecule has 0 spiro atoms. The Morgan fingerprint density at radius 2 is 2.05 bits per heavy atom. The molecule has 4 nitrogen and oxygen atoms in total. The van der Waals surface area contributed by atoms with Crippen LogP contribution < -0.4 is 5.32 Å². The monoisotopic (exact) mass is 271 g/mol. The Hall–Kier alpha value is -1.84. The van der Waals surface area contributed by atoms with Crippen molar-refractivity contribution >= 4 is 16.9 Å². The van der Waals surface area contributed by atoms with Gasteiger partial charge in [-0.05, 0) is 25.0 Å². The van der Waals surface area contributed by atoms with Crippen molar-refractivity contribution in [2.24, 2.45) is 0 Å². The first-order valence-corrected chi connectivity index (χ1v) is 7.52. The van der Waals surface area contributed by atoms with Crippen molar-refractivity contribution in [3.63, 3.8) is 0 Å². The Bertz CT molecular complexity index is 584. The largest absolute Gasteiger partial charge is 0.353 e. The maximum absolute atomic E-state index is 12.0. The molecule has 106 valence electrons. The number of aromatic nitrogens is 2. The number of carbonyl (C=O) groups is 1. The van der Waals surface area contributed by atoms with Gasteiger partial charge in [0.1, 0.15) is 0 Å². The van der Waals surface area contributed by atoms with Crippen molar-refractivity contribution in [2.75, 3.05) is 0 Å². The zero-order chi connectivity index (χ0) is 13.8. The highest BCUT2D eigenvalue weighted by Gasteiger charge is 2.15. The number of fused-ring (bicyclic) bond motifs is 1. The number of benzene rings is 1. The predicted molar refractivity (Wildman–Crippen MR) is 79.4 cm³/mol. The van der Waals surface area contributed by atoms with E-state index in [1.54, 1.807) is 0 Å². The fourth-order valence-electron chi connectivity index (χ4n) is 2.96. The molecule has 0 bridgehead atoms. The molecule has 1 N–H and O–H groups in total. The minimum absolute atomic E-state index is 0.162. The zero-order valence-electron chi connectivity index (χ0n) is 11.7. The minimum atomic E-state index is 0.162. The van der Waals surface area contributed by atoms with Gasteiger partial charge in [-0.1, -0.05) is 31.4 Å². The van der Waals surface area contributed by atoms with E-state index >= 15 is 0 Å². The lowest BCUT2D eigenvalue weighted by Crippen LogP contribution is -2.36. The Labute approximate surface area is 119 Å². The molecule has 3 rings (SSSR count). The van der Waals surface area contributed by atoms with Gasteiger partial charge in [-0.2, -0.15) is 0 Å². The van der Waals surface area contributed by atoms with Crippen molar-refractivity contribution in [3.05, 3.63) is 30.6 Å². The van der Waals surface area contributed by atoms with Crippen LogP contribution in [0.2, 0.25) is 0 Å². The third kappa shape index (κ3) is 3.00. The fraction of sp³-hybridized carbons (Fsp3) is 0.500. The van der Waals surface area contributed by atoms with Crippen molar-refractivity contribution in [2.45, 2.75) is 51.1 Å². The third-order valence-electron chi connectivity index (χ3n) is 4.08. The summed E-state index contributed by atoms with van der Waals surface area (Å²) in [6, 6.07) is 8.42. The summed E-state index contributed by atoms with van der Waals surface area (Å²) in [5.74, 6) is 0.162. The molecule has 0 radical (unpaired) electrons. The molecule has 1 aliphatic rings. The highest BCUT2D eigenvalue weighted by molar-refractivity contribution is 5.77. The fourth-order valence-corrected chi connectivity index (χ4v) is 2.96. The van der Waals surface area contributed by atoms with Gasteiger partial charge in [0.2, 0.25) is 5.91 Å². The Morgan fingerprint density at radius 1 is 1.25 bits per heavy atom. The minimum Gasteiger partial charge on any atom is -0.353 e. The summed E-state index contributed by atoms with van der Waals surface area (Å²) in [5.41, 5.74) is 2.08. The first-order valence-electron chi connectivity index (χ1n) is 7.52. The van der Waals surface area contributed by atoms with E-state index in [1.807, 2.05) is 30.6 Å². The lowest BCUT2D eigenvalue weighted by molar-refractivity contribution is -0.122. The topological polar surface area (TPSA) is 46.9 Å². The number of nitrogens with zero attached hydrogens (tertiary/aromatic N) is 2. The van der Waals surface area contributed by atoms with Crippen LogP contribution >= 0.6 is 0 Å². The molecule has 1 saturated carbocycles. The molecule has 1 heterocycles. The van der Waals surface area contributed by atoms with Crippen LogP contribution in [0.1, 0.15) is 38.5 Å². The van der Waals surface area contributed by atoms with Gasteiger partial charge in [-0.25, -0.2) is 4.98 Å². The second kappa shape index (κ2) is 6.07. The lowest BCUT2D eigenvalue weighted by atomic mass is 9.95. The Morgan fingerprint density at radius 3 is 2.90 bits per heavy atom. The summed E-state index contributed by atoms with van der Waals surface area (Å²) in [4.78, 5) is 16.3. The van der Waals surface area contributed by atoms with Crippen molar-refractivity contribution < 1.29 is 4.79 Å². The van der Waals surface area contributed by atoms with Crippen LogP contribution in [0.5, 0.6) is 0 Å². The van der Waals surface area contributed by atoms with Gasteiger partial charge in [0, 0.05) is 19.0 Å². The molecule has 1 fully saturated rings. The number of amides is 1. The maximum atomic E-state index is 12.0. The maximum Gasteiger partial charge on any atom is 0.222 e. The van der Waals surface area contributed by atoms with E-state index in [1.165, 1.54) is 19.3 Å². The van der Waals surface area contributed by atoms with Gasteiger partial charge in [0.05, 0.1) is 17.4 Å². The molecule has 0 unspecified atom stereocenters. The summed E-state index contributed by atoms with van der Waals surface area (Å²) in [6.07, 6.45) is 8.43. The number of imidazole rings is 1. The molecule has 1 amide bonds. The predicted octanol–water partition coefficient (Wildman–Crippen LogP) is 2.88. The molecule has 1 aromatic heterocycles. The van der Waals surface area contributed by atoms with Crippen LogP contribution in [0.25, 0.3) is 11.0 Å². The standard InChI is InChI=1S/C16H21N3O/c20-16(18-13-6-2-1-3-7-13)10-11-19-12-17-14-8-4-5-9-15(14)19/h4-5,8-9,12-13H,1-3,6-7,10-11H2,(H,18,20). The summed E-state index contributed by atoms with van der Waals surface area (Å²) in [5, 5.41) is 3.16. The number of hydrogen-bond donors (Lipinski definition) is 1. The van der Waals surface area contributed by atoms with E-state index in [-0.39, 0.29) is 5.91 Å². The van der Waals surface area contributed by atoms with Crippen LogP contribution in [0, 0.1) is 0 Å². The highest BCUT2D eigenvalue weighted by Crippen LogP contribution is 2.17. The molecule has 1 aromatic carbocycles. The van der Waals surface area contributed by atoms with Gasteiger partial charge in [0.15, 0.2) is 0 Å². The smallest absolute Gasteiger partial charge is 0.222 e. The Kier molecular flexibility index (Phi) is 4.00. The van der Waals surface area contributed by atoms with Crippen molar-refractivity contribution in [1.82, 2.24) is 14.9 Å². The molecule has 1 aliphatic carbocycles. The van der Waals surface area contributed by atoms with E-state index in [0.29, 0.717) is 19.0 Å². The first-order chi connectivity index (χ1) is 9.83. The summed E-state index contributed by atoms with van der Waals surface area (Å²) >= 11 is 0. The van der Waals surface area contributed by atoms with Gasteiger partial charge >= 0.3 is 0 Å².